The predicted molar refractivity (Wildman–Crippen MR) is 88.1 cm³/mol. The molecule has 0 fully saturated rings. The van der Waals surface area contributed by atoms with Crippen molar-refractivity contribution >= 4 is 6.03 Å². The van der Waals surface area contributed by atoms with Crippen molar-refractivity contribution in [2.24, 2.45) is 5.92 Å². The van der Waals surface area contributed by atoms with E-state index in [4.69, 9.17) is 0 Å². The summed E-state index contributed by atoms with van der Waals surface area (Å²) in [6, 6.07) is 9.86. The number of benzene rings is 1. The van der Waals surface area contributed by atoms with Crippen LogP contribution in [0.1, 0.15) is 30.8 Å². The van der Waals surface area contributed by atoms with Crippen LogP contribution >= 0.6 is 0 Å². The van der Waals surface area contributed by atoms with Gasteiger partial charge in [-0.25, -0.2) is 9.48 Å². The highest BCUT2D eigenvalue weighted by Gasteiger charge is 2.13. The maximum absolute atomic E-state index is 11.8. The Kier molecular flexibility index (Phi) is 5.20. The average Bonchev–Trinajstić information content (AvgIpc) is 2.79. The van der Waals surface area contributed by atoms with Crippen LogP contribution in [-0.2, 0) is 6.54 Å². The second kappa shape index (κ2) is 7.11. The molecule has 1 heterocycles. The molecule has 0 radical (unpaired) electrons. The van der Waals surface area contributed by atoms with Crippen molar-refractivity contribution in [3.8, 4) is 5.69 Å². The van der Waals surface area contributed by atoms with Crippen LogP contribution < -0.4 is 10.6 Å². The lowest BCUT2D eigenvalue weighted by Crippen LogP contribution is -2.37. The summed E-state index contributed by atoms with van der Waals surface area (Å²) in [4.78, 5) is 11.8. The topological polar surface area (TPSA) is 59.0 Å². The molecular formula is C17H24N4O. The maximum atomic E-state index is 11.8. The molecule has 0 saturated carbocycles. The Bertz CT molecular complexity index is 632. The quantitative estimate of drug-likeness (QED) is 0.892. The highest BCUT2D eigenvalue weighted by molar-refractivity contribution is 5.73. The molecule has 0 unspecified atom stereocenters. The summed E-state index contributed by atoms with van der Waals surface area (Å²) >= 11 is 0. The van der Waals surface area contributed by atoms with Gasteiger partial charge in [0, 0.05) is 24.3 Å². The number of para-hydroxylation sites is 1. The van der Waals surface area contributed by atoms with Crippen molar-refractivity contribution in [1.29, 1.82) is 0 Å². The monoisotopic (exact) mass is 300 g/mol. The van der Waals surface area contributed by atoms with Crippen molar-refractivity contribution in [3.05, 3.63) is 47.3 Å². The summed E-state index contributed by atoms with van der Waals surface area (Å²) in [6.45, 7) is 9.28. The van der Waals surface area contributed by atoms with E-state index in [9.17, 15) is 4.79 Å². The van der Waals surface area contributed by atoms with Crippen molar-refractivity contribution in [1.82, 2.24) is 20.4 Å². The smallest absolute Gasteiger partial charge is 0.315 e. The lowest BCUT2D eigenvalue weighted by Gasteiger charge is -2.10. The molecule has 0 saturated heterocycles. The Labute approximate surface area is 131 Å². The second-order valence-corrected chi connectivity index (χ2v) is 5.85. The largest absolute Gasteiger partial charge is 0.338 e. The van der Waals surface area contributed by atoms with Crippen LogP contribution in [0.25, 0.3) is 5.69 Å². The first-order chi connectivity index (χ1) is 10.5. The minimum atomic E-state index is -0.139. The average molecular weight is 300 g/mol. The Balaban J connectivity index is 2.06. The molecule has 118 valence electrons. The Morgan fingerprint density at radius 1 is 1.18 bits per heavy atom. The number of rotatable bonds is 5. The van der Waals surface area contributed by atoms with Gasteiger partial charge < -0.3 is 10.6 Å². The number of carbonyl (C=O) groups is 1. The fourth-order valence-electron chi connectivity index (χ4n) is 2.28. The van der Waals surface area contributed by atoms with Gasteiger partial charge in [-0.3, -0.25) is 0 Å². The minimum absolute atomic E-state index is 0.139. The molecule has 2 N–H and O–H groups in total. The van der Waals surface area contributed by atoms with Crippen molar-refractivity contribution in [2.75, 3.05) is 6.54 Å². The van der Waals surface area contributed by atoms with Gasteiger partial charge in [0.2, 0.25) is 0 Å². The molecule has 0 atom stereocenters. The zero-order chi connectivity index (χ0) is 16.1. The number of nitrogens with one attached hydrogen (secondary N) is 2. The van der Waals surface area contributed by atoms with Crippen molar-refractivity contribution < 1.29 is 4.79 Å². The van der Waals surface area contributed by atoms with Gasteiger partial charge in [-0.1, -0.05) is 32.0 Å². The summed E-state index contributed by atoms with van der Waals surface area (Å²) in [5.74, 6) is 0.440. The maximum Gasteiger partial charge on any atom is 0.315 e. The summed E-state index contributed by atoms with van der Waals surface area (Å²) in [7, 11) is 0. The van der Waals surface area contributed by atoms with Crippen LogP contribution in [0.15, 0.2) is 30.3 Å². The lowest BCUT2D eigenvalue weighted by atomic mass is 10.2. The highest BCUT2D eigenvalue weighted by atomic mass is 16.2. The van der Waals surface area contributed by atoms with E-state index in [1.54, 1.807) is 0 Å². The summed E-state index contributed by atoms with van der Waals surface area (Å²) in [5.41, 5.74) is 4.07. The Morgan fingerprint density at radius 3 is 2.50 bits per heavy atom. The summed E-state index contributed by atoms with van der Waals surface area (Å²) < 4.78 is 1.92. The highest BCUT2D eigenvalue weighted by Crippen LogP contribution is 2.17. The molecule has 0 bridgehead atoms. The molecule has 0 aliphatic carbocycles. The van der Waals surface area contributed by atoms with E-state index < -0.39 is 0 Å². The number of aryl methyl sites for hydroxylation is 1. The Morgan fingerprint density at radius 2 is 1.86 bits per heavy atom. The fourth-order valence-corrected chi connectivity index (χ4v) is 2.28. The molecule has 2 aromatic rings. The first-order valence-corrected chi connectivity index (χ1v) is 7.61. The molecule has 22 heavy (non-hydrogen) atoms. The van der Waals surface area contributed by atoms with Gasteiger partial charge in [-0.05, 0) is 31.9 Å². The standard InChI is InChI=1S/C17H24N4O/c1-12(2)10-18-17(22)19-11-16-13(3)20-21(14(16)4)15-8-6-5-7-9-15/h5-9,12H,10-11H2,1-4H3,(H2,18,19,22). The number of urea groups is 1. The van der Waals surface area contributed by atoms with Gasteiger partial charge >= 0.3 is 6.03 Å². The molecule has 1 aromatic heterocycles. The molecule has 2 rings (SSSR count). The number of hydrogen-bond acceptors (Lipinski definition) is 2. The van der Waals surface area contributed by atoms with Gasteiger partial charge in [0.15, 0.2) is 0 Å². The molecule has 0 spiro atoms. The molecule has 5 nitrogen and oxygen atoms in total. The number of carbonyl (C=O) groups excluding carboxylic acids is 1. The van der Waals surface area contributed by atoms with Crippen LogP contribution in [0.5, 0.6) is 0 Å². The first kappa shape index (κ1) is 16.1. The minimum Gasteiger partial charge on any atom is -0.338 e. The number of nitrogens with zero attached hydrogens (tertiary/aromatic N) is 2. The molecule has 0 aliphatic heterocycles. The van der Waals surface area contributed by atoms with Crippen molar-refractivity contribution in [3.63, 3.8) is 0 Å². The third-order valence-electron chi connectivity index (χ3n) is 3.54. The number of hydrogen-bond donors (Lipinski definition) is 2. The van der Waals surface area contributed by atoms with Crippen LogP contribution in [-0.4, -0.2) is 22.4 Å². The van der Waals surface area contributed by atoms with Crippen molar-refractivity contribution in [2.45, 2.75) is 34.2 Å². The van der Waals surface area contributed by atoms with Gasteiger partial charge in [-0.2, -0.15) is 5.10 Å². The van der Waals surface area contributed by atoms with E-state index in [-0.39, 0.29) is 6.03 Å². The third-order valence-corrected chi connectivity index (χ3v) is 3.54. The number of amides is 2. The summed E-state index contributed by atoms with van der Waals surface area (Å²) in [6.07, 6.45) is 0. The molecule has 1 aromatic carbocycles. The second-order valence-electron chi connectivity index (χ2n) is 5.85. The van der Waals surface area contributed by atoms with Gasteiger partial charge in [0.1, 0.15) is 0 Å². The first-order valence-electron chi connectivity index (χ1n) is 7.61. The van der Waals surface area contributed by atoms with Crippen LogP contribution in [0, 0.1) is 19.8 Å². The van der Waals surface area contributed by atoms with E-state index in [0.29, 0.717) is 19.0 Å². The normalized spacial score (nSPS) is 10.8. The fraction of sp³-hybridized carbons (Fsp3) is 0.412. The van der Waals surface area contributed by atoms with E-state index >= 15 is 0 Å². The molecule has 0 aliphatic rings. The SMILES string of the molecule is Cc1nn(-c2ccccc2)c(C)c1CNC(=O)NCC(C)C. The van der Waals surface area contributed by atoms with E-state index in [0.717, 1.165) is 22.6 Å². The number of aromatic nitrogens is 2. The molecular weight excluding hydrogens is 276 g/mol. The van der Waals surface area contributed by atoms with Gasteiger partial charge in [0.25, 0.3) is 0 Å². The third kappa shape index (κ3) is 3.87. The molecule has 2 amide bonds. The van der Waals surface area contributed by atoms with E-state index in [2.05, 4.69) is 29.6 Å². The Hall–Kier alpha value is -2.30. The summed E-state index contributed by atoms with van der Waals surface area (Å²) in [5, 5.41) is 10.3. The van der Waals surface area contributed by atoms with Crippen LogP contribution in [0.2, 0.25) is 0 Å². The van der Waals surface area contributed by atoms with Crippen LogP contribution in [0.4, 0.5) is 4.79 Å². The van der Waals surface area contributed by atoms with E-state index in [1.165, 1.54) is 0 Å². The van der Waals surface area contributed by atoms with Gasteiger partial charge in [-0.15, -0.1) is 0 Å². The lowest BCUT2D eigenvalue weighted by molar-refractivity contribution is 0.239. The predicted octanol–water partition coefficient (Wildman–Crippen LogP) is 2.94. The van der Waals surface area contributed by atoms with E-state index in [1.807, 2.05) is 48.9 Å². The zero-order valence-electron chi connectivity index (χ0n) is 13.7. The molecule has 5 heteroatoms. The van der Waals surface area contributed by atoms with Crippen LogP contribution in [0.3, 0.4) is 0 Å². The van der Waals surface area contributed by atoms with Gasteiger partial charge in [0.05, 0.1) is 11.4 Å². The zero-order valence-corrected chi connectivity index (χ0v) is 13.7.